The van der Waals surface area contributed by atoms with Crippen LogP contribution in [-0.4, -0.2) is 6.26 Å². The van der Waals surface area contributed by atoms with Crippen LogP contribution in [-0.2, 0) is 6.42 Å². The molecule has 2 aromatic carbocycles. The minimum atomic E-state index is 0.994. The molecule has 0 spiro atoms. The zero-order valence-corrected chi connectivity index (χ0v) is 12.4. The van der Waals surface area contributed by atoms with Crippen molar-refractivity contribution < 1.29 is 0 Å². The summed E-state index contributed by atoms with van der Waals surface area (Å²) in [5, 5.41) is 0. The first-order valence-corrected chi connectivity index (χ1v) is 7.59. The summed E-state index contributed by atoms with van der Waals surface area (Å²) in [7, 11) is 0. The maximum Gasteiger partial charge on any atom is 0.0207 e. The quantitative estimate of drug-likeness (QED) is 0.713. The molecule has 0 unspecified atom stereocenters. The normalized spacial score (nSPS) is 10.5. The first-order valence-electron chi connectivity index (χ1n) is 5.57. The maximum atomic E-state index is 3.58. The van der Waals surface area contributed by atoms with Gasteiger partial charge < -0.3 is 0 Å². The Bertz CT molecular complexity index is 503. The SMILES string of the molecule is CSc1ccc(Cc2ccc(C)c(Br)c2)cc1. The summed E-state index contributed by atoms with van der Waals surface area (Å²) < 4.78 is 1.19. The molecular formula is C15H15BrS. The topological polar surface area (TPSA) is 0 Å². The van der Waals surface area contributed by atoms with E-state index in [2.05, 4.69) is 71.6 Å². The van der Waals surface area contributed by atoms with Crippen LogP contribution in [0.5, 0.6) is 0 Å². The molecule has 0 radical (unpaired) electrons. The van der Waals surface area contributed by atoms with Crippen molar-refractivity contribution in [3.8, 4) is 0 Å². The van der Waals surface area contributed by atoms with Crippen LogP contribution in [0, 0.1) is 6.92 Å². The molecule has 2 rings (SSSR count). The van der Waals surface area contributed by atoms with Gasteiger partial charge >= 0.3 is 0 Å². The van der Waals surface area contributed by atoms with Crippen molar-refractivity contribution in [1.82, 2.24) is 0 Å². The minimum Gasteiger partial charge on any atom is -0.130 e. The average molecular weight is 307 g/mol. The highest BCUT2D eigenvalue weighted by atomic mass is 79.9. The number of benzene rings is 2. The van der Waals surface area contributed by atoms with E-state index in [1.165, 1.54) is 26.1 Å². The molecule has 0 saturated carbocycles. The van der Waals surface area contributed by atoms with Crippen LogP contribution in [0.2, 0.25) is 0 Å². The zero-order chi connectivity index (χ0) is 12.3. The number of aryl methyl sites for hydroxylation is 1. The van der Waals surface area contributed by atoms with Crippen LogP contribution in [0.3, 0.4) is 0 Å². The second-order valence-electron chi connectivity index (χ2n) is 4.11. The highest BCUT2D eigenvalue weighted by Gasteiger charge is 2.00. The molecule has 0 amide bonds. The third-order valence-electron chi connectivity index (χ3n) is 2.80. The standard InChI is InChI=1S/C15H15BrS/c1-11-3-4-13(10-15(11)16)9-12-5-7-14(17-2)8-6-12/h3-8,10H,9H2,1-2H3. The van der Waals surface area contributed by atoms with Crippen molar-refractivity contribution in [1.29, 1.82) is 0 Å². The molecule has 0 saturated heterocycles. The second-order valence-corrected chi connectivity index (χ2v) is 5.84. The molecule has 0 aliphatic heterocycles. The van der Waals surface area contributed by atoms with Crippen molar-refractivity contribution in [2.45, 2.75) is 18.2 Å². The van der Waals surface area contributed by atoms with E-state index in [0.717, 1.165) is 6.42 Å². The third kappa shape index (κ3) is 3.36. The van der Waals surface area contributed by atoms with Crippen molar-refractivity contribution in [3.63, 3.8) is 0 Å². The maximum absolute atomic E-state index is 3.58. The number of halogens is 1. The van der Waals surface area contributed by atoms with Crippen molar-refractivity contribution in [2.75, 3.05) is 6.26 Å². The molecule has 2 heteroatoms. The van der Waals surface area contributed by atoms with Crippen LogP contribution < -0.4 is 0 Å². The fraction of sp³-hybridized carbons (Fsp3) is 0.200. The summed E-state index contributed by atoms with van der Waals surface area (Å²) in [6.07, 6.45) is 3.10. The molecule has 0 aliphatic rings. The van der Waals surface area contributed by atoms with E-state index in [4.69, 9.17) is 0 Å². The number of rotatable bonds is 3. The van der Waals surface area contributed by atoms with Crippen LogP contribution in [0.15, 0.2) is 51.8 Å². The molecule has 0 aromatic heterocycles. The van der Waals surface area contributed by atoms with Gasteiger partial charge in [0.1, 0.15) is 0 Å². The number of hydrogen-bond acceptors (Lipinski definition) is 1. The zero-order valence-electron chi connectivity index (χ0n) is 10.0. The molecule has 0 nitrogen and oxygen atoms in total. The van der Waals surface area contributed by atoms with Gasteiger partial charge in [-0.3, -0.25) is 0 Å². The molecular weight excluding hydrogens is 292 g/mol. The van der Waals surface area contributed by atoms with Gasteiger partial charge in [-0.25, -0.2) is 0 Å². The summed E-state index contributed by atoms with van der Waals surface area (Å²) in [4.78, 5) is 1.32. The van der Waals surface area contributed by atoms with Crippen molar-refractivity contribution in [3.05, 3.63) is 63.6 Å². The van der Waals surface area contributed by atoms with E-state index in [1.807, 2.05) is 0 Å². The molecule has 2 aromatic rings. The second kappa shape index (κ2) is 5.74. The summed E-state index contributed by atoms with van der Waals surface area (Å²) in [5.41, 5.74) is 3.99. The molecule has 17 heavy (non-hydrogen) atoms. The first kappa shape index (κ1) is 12.7. The lowest BCUT2D eigenvalue weighted by molar-refractivity contribution is 1.17. The van der Waals surface area contributed by atoms with Gasteiger partial charge in [-0.2, -0.15) is 0 Å². The predicted octanol–water partition coefficient (Wildman–Crippen LogP) is 5.07. The Balaban J connectivity index is 2.16. The Morgan fingerprint density at radius 2 is 1.65 bits per heavy atom. The number of thioether (sulfide) groups is 1. The fourth-order valence-corrected chi connectivity index (χ4v) is 2.56. The largest absolute Gasteiger partial charge is 0.130 e. The smallest absolute Gasteiger partial charge is 0.0207 e. The Morgan fingerprint density at radius 3 is 2.24 bits per heavy atom. The Kier molecular flexibility index (Phi) is 4.30. The highest BCUT2D eigenvalue weighted by Crippen LogP contribution is 2.21. The van der Waals surface area contributed by atoms with Gasteiger partial charge in [-0.15, -0.1) is 11.8 Å². The summed E-state index contributed by atoms with van der Waals surface area (Å²) >= 11 is 5.36. The van der Waals surface area contributed by atoms with E-state index < -0.39 is 0 Å². The van der Waals surface area contributed by atoms with E-state index in [9.17, 15) is 0 Å². The van der Waals surface area contributed by atoms with Gasteiger partial charge in [0.2, 0.25) is 0 Å². The lowest BCUT2D eigenvalue weighted by Gasteiger charge is -2.05. The molecule has 0 heterocycles. The van der Waals surface area contributed by atoms with E-state index in [-0.39, 0.29) is 0 Å². The lowest BCUT2D eigenvalue weighted by atomic mass is 10.0. The predicted molar refractivity (Wildman–Crippen MR) is 79.9 cm³/mol. The van der Waals surface area contributed by atoms with Crippen molar-refractivity contribution >= 4 is 27.7 Å². The first-order chi connectivity index (χ1) is 8.19. The fourth-order valence-electron chi connectivity index (χ4n) is 1.73. The summed E-state index contributed by atoms with van der Waals surface area (Å²) in [5.74, 6) is 0. The van der Waals surface area contributed by atoms with Gasteiger partial charge in [0, 0.05) is 9.37 Å². The van der Waals surface area contributed by atoms with Crippen LogP contribution in [0.4, 0.5) is 0 Å². The van der Waals surface area contributed by atoms with E-state index in [0.29, 0.717) is 0 Å². The van der Waals surface area contributed by atoms with E-state index in [1.54, 1.807) is 11.8 Å². The van der Waals surface area contributed by atoms with Gasteiger partial charge in [-0.05, 0) is 54.5 Å². The summed E-state index contributed by atoms with van der Waals surface area (Å²) in [6.45, 7) is 2.11. The van der Waals surface area contributed by atoms with Gasteiger partial charge in [0.05, 0.1) is 0 Å². The molecule has 0 bridgehead atoms. The van der Waals surface area contributed by atoms with Gasteiger partial charge in [0.25, 0.3) is 0 Å². The molecule has 0 fully saturated rings. The van der Waals surface area contributed by atoms with Crippen LogP contribution in [0.1, 0.15) is 16.7 Å². The van der Waals surface area contributed by atoms with Crippen molar-refractivity contribution in [2.24, 2.45) is 0 Å². The Hall–Kier alpha value is -0.730. The molecule has 0 atom stereocenters. The van der Waals surface area contributed by atoms with E-state index >= 15 is 0 Å². The molecule has 88 valence electrons. The monoisotopic (exact) mass is 306 g/mol. The Morgan fingerprint density at radius 1 is 1.00 bits per heavy atom. The van der Waals surface area contributed by atoms with Crippen LogP contribution in [0.25, 0.3) is 0 Å². The van der Waals surface area contributed by atoms with Gasteiger partial charge in [-0.1, -0.05) is 40.2 Å². The molecule has 0 aliphatic carbocycles. The lowest BCUT2D eigenvalue weighted by Crippen LogP contribution is -1.89. The van der Waals surface area contributed by atoms with Crippen LogP contribution >= 0.6 is 27.7 Å². The third-order valence-corrected chi connectivity index (χ3v) is 4.40. The Labute approximate surface area is 116 Å². The summed E-state index contributed by atoms with van der Waals surface area (Å²) in [6, 6.07) is 15.3. The minimum absolute atomic E-state index is 0.994. The number of hydrogen-bond donors (Lipinski definition) is 0. The highest BCUT2D eigenvalue weighted by molar-refractivity contribution is 9.10. The van der Waals surface area contributed by atoms with Gasteiger partial charge in [0.15, 0.2) is 0 Å². The average Bonchev–Trinajstić information content (AvgIpc) is 2.35. The molecule has 0 N–H and O–H groups in total.